The highest BCUT2D eigenvalue weighted by Crippen LogP contribution is 2.39. The molecule has 1 aliphatic carbocycles. The van der Waals surface area contributed by atoms with E-state index in [1.165, 1.54) is 32.9 Å². The maximum absolute atomic E-state index is 12.8. The van der Waals surface area contributed by atoms with Crippen molar-refractivity contribution < 1.29 is 4.79 Å². The molecule has 3 N–H and O–H groups in total. The highest BCUT2D eigenvalue weighted by atomic mass is 32.2. The molecule has 4 aromatic rings. The van der Waals surface area contributed by atoms with E-state index in [-0.39, 0.29) is 11.2 Å². The van der Waals surface area contributed by atoms with Crippen LogP contribution >= 0.6 is 11.8 Å². The van der Waals surface area contributed by atoms with Crippen LogP contribution in [0.25, 0.3) is 21.8 Å². The second-order valence-electron chi connectivity index (χ2n) is 7.73. The van der Waals surface area contributed by atoms with Crippen molar-refractivity contribution in [1.29, 1.82) is 0 Å². The monoisotopic (exact) mass is 420 g/mol. The Morgan fingerprint density at radius 3 is 2.73 bits per heavy atom. The number of hydrogen-bond donors (Lipinski definition) is 2. The third-order valence-electron chi connectivity index (χ3n) is 5.64. The molecule has 30 heavy (non-hydrogen) atoms. The number of aryl methyl sites for hydroxylation is 1. The number of benzene rings is 2. The van der Waals surface area contributed by atoms with Gasteiger partial charge in [-0.05, 0) is 51.0 Å². The summed E-state index contributed by atoms with van der Waals surface area (Å²) < 4.78 is 3.82. The van der Waals surface area contributed by atoms with Gasteiger partial charge < -0.3 is 15.7 Å². The van der Waals surface area contributed by atoms with Crippen molar-refractivity contribution >= 4 is 45.2 Å². The second-order valence-corrected chi connectivity index (χ2v) is 9.04. The number of amides is 1. The number of anilines is 1. The minimum atomic E-state index is -0.351. The van der Waals surface area contributed by atoms with E-state index >= 15 is 0 Å². The van der Waals surface area contributed by atoms with Crippen molar-refractivity contribution in [3.63, 3.8) is 0 Å². The normalized spacial score (nSPS) is 15.0. The second kappa shape index (κ2) is 7.36. The topological polar surface area (TPSA) is 90.8 Å². The van der Waals surface area contributed by atoms with Crippen LogP contribution in [-0.2, 0) is 11.3 Å². The lowest BCUT2D eigenvalue weighted by molar-refractivity contribution is -0.115. The number of aromatic nitrogens is 4. The molecule has 154 valence electrons. The van der Waals surface area contributed by atoms with Gasteiger partial charge in [0.05, 0.1) is 5.25 Å². The van der Waals surface area contributed by atoms with Crippen LogP contribution in [0.5, 0.6) is 0 Å². The third-order valence-corrected chi connectivity index (χ3v) is 6.70. The lowest BCUT2D eigenvalue weighted by Gasteiger charge is -2.12. The summed E-state index contributed by atoms with van der Waals surface area (Å²) in [5.74, 6) is 7.25. The first kappa shape index (κ1) is 19.0. The Balaban J connectivity index is 1.37. The number of carbonyl (C=O) groups excluding carboxylic acids is 1. The van der Waals surface area contributed by atoms with Crippen molar-refractivity contribution in [3.05, 3.63) is 48.3 Å². The van der Waals surface area contributed by atoms with Gasteiger partial charge in [0.1, 0.15) is 0 Å². The zero-order valence-electron chi connectivity index (χ0n) is 17.0. The molecule has 8 heteroatoms. The van der Waals surface area contributed by atoms with Gasteiger partial charge in [-0.15, -0.1) is 10.2 Å². The number of thioether (sulfide) groups is 1. The Labute approximate surface area is 178 Å². The maximum atomic E-state index is 12.8. The van der Waals surface area contributed by atoms with Crippen LogP contribution in [0.2, 0.25) is 0 Å². The Hall–Kier alpha value is -3.00. The van der Waals surface area contributed by atoms with Crippen LogP contribution in [-0.4, -0.2) is 30.6 Å². The zero-order valence-corrected chi connectivity index (χ0v) is 17.8. The molecule has 0 spiro atoms. The molecule has 2 aromatic carbocycles. The molecule has 0 aliphatic heterocycles. The number of nitrogens with zero attached hydrogens (tertiary/aromatic N) is 4. The number of para-hydroxylation sites is 1. The van der Waals surface area contributed by atoms with E-state index in [0.29, 0.717) is 11.1 Å². The minimum absolute atomic E-state index is 0.0884. The number of hydrogen-bond acceptors (Lipinski definition) is 5. The fourth-order valence-corrected chi connectivity index (χ4v) is 4.69. The van der Waals surface area contributed by atoms with E-state index in [1.807, 2.05) is 19.1 Å². The van der Waals surface area contributed by atoms with Gasteiger partial charge >= 0.3 is 0 Å². The van der Waals surface area contributed by atoms with Gasteiger partial charge in [0.15, 0.2) is 5.82 Å². The lowest BCUT2D eigenvalue weighted by Crippen LogP contribution is -2.23. The number of nitrogens with one attached hydrogen (secondary N) is 1. The average molecular weight is 421 g/mol. The van der Waals surface area contributed by atoms with Crippen LogP contribution in [0.4, 0.5) is 5.69 Å². The first-order valence-electron chi connectivity index (χ1n) is 10.3. The number of rotatable bonds is 6. The van der Waals surface area contributed by atoms with E-state index in [2.05, 4.69) is 57.3 Å². The van der Waals surface area contributed by atoms with Crippen LogP contribution in [0, 0.1) is 0 Å². The zero-order chi connectivity index (χ0) is 20.8. The molecule has 7 nitrogen and oxygen atoms in total. The molecular weight excluding hydrogens is 396 g/mol. The molecule has 1 fully saturated rings. The Bertz CT molecular complexity index is 1260. The molecule has 5 rings (SSSR count). The standard InChI is InChI=1S/C22H24N6OS/c1-3-27-18-7-5-4-6-16(18)17-12-15(10-11-19(17)27)24-21(29)13(2)30-22-26-25-20(28(22)23)14-8-9-14/h4-7,10-14H,3,8-9,23H2,1-2H3,(H,24,29)/t13-/m0/s1. The molecule has 1 aliphatic rings. The summed E-state index contributed by atoms with van der Waals surface area (Å²) in [6.07, 6.45) is 2.21. The number of nitrogens with two attached hydrogens (primary N) is 1. The molecule has 0 bridgehead atoms. The van der Waals surface area contributed by atoms with E-state index in [1.54, 1.807) is 0 Å². The molecule has 0 radical (unpaired) electrons. The molecule has 2 aromatic heterocycles. The van der Waals surface area contributed by atoms with Gasteiger partial charge in [0.2, 0.25) is 11.1 Å². The average Bonchev–Trinajstić information content (AvgIpc) is 3.46. The summed E-state index contributed by atoms with van der Waals surface area (Å²) in [4.78, 5) is 12.8. The van der Waals surface area contributed by atoms with Gasteiger partial charge in [-0.3, -0.25) is 4.79 Å². The van der Waals surface area contributed by atoms with Crippen LogP contribution in [0.3, 0.4) is 0 Å². The molecule has 0 saturated heterocycles. The molecular formula is C22H24N6OS. The maximum Gasteiger partial charge on any atom is 0.237 e. The Kier molecular flexibility index (Phi) is 4.66. The summed E-state index contributed by atoms with van der Waals surface area (Å²) >= 11 is 1.33. The smallest absolute Gasteiger partial charge is 0.237 e. The van der Waals surface area contributed by atoms with Crippen LogP contribution in [0.1, 0.15) is 38.4 Å². The van der Waals surface area contributed by atoms with Gasteiger partial charge in [-0.25, -0.2) is 4.68 Å². The van der Waals surface area contributed by atoms with Crippen molar-refractivity contribution in [2.24, 2.45) is 0 Å². The highest BCUT2D eigenvalue weighted by Gasteiger charge is 2.30. The predicted molar refractivity (Wildman–Crippen MR) is 121 cm³/mol. The molecule has 2 heterocycles. The van der Waals surface area contributed by atoms with E-state index in [9.17, 15) is 4.79 Å². The number of fused-ring (bicyclic) bond motifs is 3. The van der Waals surface area contributed by atoms with Crippen molar-refractivity contribution in [1.82, 2.24) is 19.4 Å². The van der Waals surface area contributed by atoms with Gasteiger partial charge in [-0.1, -0.05) is 30.0 Å². The molecule has 1 amide bonds. The quantitative estimate of drug-likeness (QED) is 0.362. The fourth-order valence-electron chi connectivity index (χ4n) is 3.92. The summed E-state index contributed by atoms with van der Waals surface area (Å²) in [6.45, 7) is 4.89. The summed E-state index contributed by atoms with van der Waals surface area (Å²) in [6, 6.07) is 14.4. The van der Waals surface area contributed by atoms with Crippen molar-refractivity contribution in [2.45, 2.75) is 49.6 Å². The first-order chi connectivity index (χ1) is 14.6. The number of carbonyl (C=O) groups is 1. The number of nitrogen functional groups attached to an aromatic ring is 1. The van der Waals surface area contributed by atoms with Crippen LogP contribution in [0.15, 0.2) is 47.6 Å². The lowest BCUT2D eigenvalue weighted by atomic mass is 10.1. The SMILES string of the molecule is CCn1c2ccccc2c2cc(NC(=O)[C@H](C)Sc3nnc(C4CC4)n3N)ccc21. The Morgan fingerprint density at radius 2 is 1.97 bits per heavy atom. The molecule has 0 unspecified atom stereocenters. The van der Waals surface area contributed by atoms with Crippen molar-refractivity contribution in [3.8, 4) is 0 Å². The van der Waals surface area contributed by atoms with Crippen molar-refractivity contribution in [2.75, 3.05) is 11.2 Å². The van der Waals surface area contributed by atoms with Gasteiger partial charge in [0, 0.05) is 40.0 Å². The highest BCUT2D eigenvalue weighted by molar-refractivity contribution is 8.00. The summed E-state index contributed by atoms with van der Waals surface area (Å²) in [7, 11) is 0. The fraction of sp³-hybridized carbons (Fsp3) is 0.318. The largest absolute Gasteiger partial charge is 0.341 e. The first-order valence-corrected chi connectivity index (χ1v) is 11.1. The van der Waals surface area contributed by atoms with E-state index < -0.39 is 0 Å². The van der Waals surface area contributed by atoms with Crippen LogP contribution < -0.4 is 11.2 Å². The van der Waals surface area contributed by atoms with Gasteiger partial charge in [0.25, 0.3) is 0 Å². The predicted octanol–water partition coefficient (Wildman–Crippen LogP) is 4.12. The van der Waals surface area contributed by atoms with Gasteiger partial charge in [-0.2, -0.15) is 0 Å². The summed E-state index contributed by atoms with van der Waals surface area (Å²) in [5.41, 5.74) is 3.16. The Morgan fingerprint density at radius 1 is 1.20 bits per heavy atom. The van der Waals surface area contributed by atoms with E-state index in [0.717, 1.165) is 36.3 Å². The van der Waals surface area contributed by atoms with E-state index in [4.69, 9.17) is 5.84 Å². The third kappa shape index (κ3) is 3.21. The summed E-state index contributed by atoms with van der Waals surface area (Å²) in [5, 5.41) is 13.9. The molecule has 1 atom stereocenters. The molecule has 1 saturated carbocycles. The minimum Gasteiger partial charge on any atom is -0.341 e.